The number of methoxy groups -OCH3 is 2. The Balaban J connectivity index is 1.58. The molecule has 1 saturated carbocycles. The average molecular weight is 535 g/mol. The first-order valence-electron chi connectivity index (χ1n) is 13.3. The molecule has 3 aromatic rings. The predicted molar refractivity (Wildman–Crippen MR) is 145 cm³/mol. The van der Waals surface area contributed by atoms with E-state index in [-0.39, 0.29) is 18.6 Å². The van der Waals surface area contributed by atoms with Crippen molar-refractivity contribution < 1.29 is 33.0 Å². The molecule has 1 fully saturated rings. The van der Waals surface area contributed by atoms with Crippen LogP contribution in [0.4, 0.5) is 5.69 Å². The fraction of sp³-hybridized carbons (Fsp3) is 0.400. The predicted octanol–water partition coefficient (Wildman–Crippen LogP) is 4.97. The first-order valence-corrected chi connectivity index (χ1v) is 13.3. The Bertz CT molecular complexity index is 1290. The normalized spacial score (nSPS) is 17.7. The summed E-state index contributed by atoms with van der Waals surface area (Å²) in [5.41, 5.74) is 0.400. The van der Waals surface area contributed by atoms with E-state index in [0.717, 1.165) is 32.1 Å². The highest BCUT2D eigenvalue weighted by Crippen LogP contribution is 2.37. The summed E-state index contributed by atoms with van der Waals surface area (Å²) in [4.78, 5) is 29.8. The van der Waals surface area contributed by atoms with Crippen molar-refractivity contribution in [1.82, 2.24) is 5.32 Å². The van der Waals surface area contributed by atoms with Crippen LogP contribution in [-0.2, 0) is 9.59 Å². The lowest BCUT2D eigenvalue weighted by atomic mass is 9.95. The van der Waals surface area contributed by atoms with Gasteiger partial charge in [-0.25, -0.2) is 0 Å². The van der Waals surface area contributed by atoms with E-state index in [2.05, 4.69) is 5.32 Å². The molecule has 0 spiro atoms. The molecule has 5 rings (SSSR count). The van der Waals surface area contributed by atoms with Crippen molar-refractivity contribution in [1.29, 1.82) is 0 Å². The summed E-state index contributed by atoms with van der Waals surface area (Å²) in [6.07, 6.45) is 4.05. The van der Waals surface area contributed by atoms with Gasteiger partial charge in [0, 0.05) is 24.2 Å². The van der Waals surface area contributed by atoms with E-state index in [1.54, 1.807) is 49.4 Å². The Morgan fingerprint density at radius 1 is 0.949 bits per heavy atom. The molecule has 1 aliphatic carbocycles. The largest absolute Gasteiger partial charge is 0.497 e. The first-order chi connectivity index (χ1) is 19.0. The Morgan fingerprint density at radius 2 is 1.64 bits per heavy atom. The second-order valence-electron chi connectivity index (χ2n) is 9.84. The Hall–Kier alpha value is -4.14. The standard InChI is InChI=1S/C30H34N2O7/c1-19-13-14-26(38-19)28(29(33)31-20-9-5-4-6-10-20)32(21-15-22(35-2)17-23(16-21)36-3)30(34)27-18-37-24-11-7-8-12-25(24)39-27/h7-8,11-17,20,27-28H,4-6,9-10,18H2,1-3H3,(H,31,33)/t27-,28-/m1/s1. The molecule has 0 saturated heterocycles. The molecule has 2 aliphatic rings. The second-order valence-corrected chi connectivity index (χ2v) is 9.84. The first kappa shape index (κ1) is 26.5. The summed E-state index contributed by atoms with van der Waals surface area (Å²) in [5, 5.41) is 3.18. The lowest BCUT2D eigenvalue weighted by Gasteiger charge is -2.35. The molecule has 206 valence electrons. The third kappa shape index (κ3) is 5.82. The summed E-state index contributed by atoms with van der Waals surface area (Å²) >= 11 is 0. The van der Waals surface area contributed by atoms with E-state index in [4.69, 9.17) is 23.4 Å². The number of carbonyl (C=O) groups excluding carboxylic acids is 2. The van der Waals surface area contributed by atoms with Gasteiger partial charge < -0.3 is 28.7 Å². The van der Waals surface area contributed by atoms with Crippen LogP contribution in [0.3, 0.4) is 0 Å². The Morgan fingerprint density at radius 3 is 2.28 bits per heavy atom. The molecule has 0 radical (unpaired) electrons. The van der Waals surface area contributed by atoms with E-state index in [0.29, 0.717) is 40.2 Å². The molecule has 2 amide bonds. The number of amides is 2. The topological polar surface area (TPSA) is 99.5 Å². The number of hydrogen-bond acceptors (Lipinski definition) is 7. The fourth-order valence-corrected chi connectivity index (χ4v) is 5.13. The van der Waals surface area contributed by atoms with Gasteiger partial charge in [-0.2, -0.15) is 0 Å². The summed E-state index contributed by atoms with van der Waals surface area (Å²) in [5.74, 6) is 2.13. The lowest BCUT2D eigenvalue weighted by molar-refractivity contribution is -0.132. The monoisotopic (exact) mass is 534 g/mol. The van der Waals surface area contributed by atoms with E-state index < -0.39 is 18.1 Å². The summed E-state index contributed by atoms with van der Waals surface area (Å²) < 4.78 is 28.9. The van der Waals surface area contributed by atoms with Crippen molar-refractivity contribution in [3.63, 3.8) is 0 Å². The Labute approximate surface area is 228 Å². The molecule has 0 unspecified atom stereocenters. The van der Waals surface area contributed by atoms with Crippen LogP contribution in [0, 0.1) is 6.92 Å². The zero-order valence-electron chi connectivity index (χ0n) is 22.5. The van der Waals surface area contributed by atoms with Gasteiger partial charge in [-0.05, 0) is 44.0 Å². The van der Waals surface area contributed by atoms with Gasteiger partial charge in [0.15, 0.2) is 17.5 Å². The number of rotatable bonds is 8. The minimum atomic E-state index is -1.11. The van der Waals surface area contributed by atoms with Gasteiger partial charge in [-0.1, -0.05) is 31.4 Å². The van der Waals surface area contributed by atoms with Gasteiger partial charge in [0.2, 0.25) is 6.10 Å². The molecule has 2 aromatic carbocycles. The van der Waals surface area contributed by atoms with Gasteiger partial charge in [0.05, 0.1) is 19.9 Å². The number of anilines is 1. The Kier molecular flexibility index (Phi) is 7.95. The van der Waals surface area contributed by atoms with Crippen molar-refractivity contribution in [2.75, 3.05) is 25.7 Å². The molecule has 0 bridgehead atoms. The number of para-hydroxylation sites is 2. The molecule has 39 heavy (non-hydrogen) atoms. The summed E-state index contributed by atoms with van der Waals surface area (Å²) in [6.45, 7) is 1.79. The van der Waals surface area contributed by atoms with Gasteiger partial charge >= 0.3 is 0 Å². The fourth-order valence-electron chi connectivity index (χ4n) is 5.13. The van der Waals surface area contributed by atoms with Crippen molar-refractivity contribution >= 4 is 17.5 Å². The molecule has 9 nitrogen and oxygen atoms in total. The van der Waals surface area contributed by atoms with Crippen molar-refractivity contribution in [3.8, 4) is 23.0 Å². The maximum absolute atomic E-state index is 14.3. The second kappa shape index (κ2) is 11.7. The quantitative estimate of drug-likeness (QED) is 0.436. The SMILES string of the molecule is COc1cc(OC)cc(N(C(=O)[C@H]2COc3ccccc3O2)[C@@H](C(=O)NC2CCCCC2)c2ccc(C)o2)c1. The third-order valence-corrected chi connectivity index (χ3v) is 7.12. The molecule has 2 atom stereocenters. The van der Waals surface area contributed by atoms with E-state index in [1.807, 2.05) is 12.1 Å². The summed E-state index contributed by atoms with van der Waals surface area (Å²) in [6, 6.07) is 14.7. The summed E-state index contributed by atoms with van der Waals surface area (Å²) in [7, 11) is 3.06. The maximum Gasteiger partial charge on any atom is 0.272 e. The number of carbonyl (C=O) groups is 2. The van der Waals surface area contributed by atoms with Crippen LogP contribution in [0.2, 0.25) is 0 Å². The molecule has 1 aliphatic heterocycles. The smallest absolute Gasteiger partial charge is 0.272 e. The number of ether oxygens (including phenoxy) is 4. The van der Waals surface area contributed by atoms with Crippen molar-refractivity contribution in [3.05, 3.63) is 66.1 Å². The zero-order chi connectivity index (χ0) is 27.4. The number of fused-ring (bicyclic) bond motifs is 1. The van der Waals surface area contributed by atoms with Gasteiger partial charge in [-0.3, -0.25) is 14.5 Å². The molecule has 1 N–H and O–H groups in total. The van der Waals surface area contributed by atoms with Crippen molar-refractivity contribution in [2.24, 2.45) is 0 Å². The van der Waals surface area contributed by atoms with Crippen molar-refractivity contribution in [2.45, 2.75) is 57.2 Å². The number of nitrogens with zero attached hydrogens (tertiary/aromatic N) is 1. The van der Waals surface area contributed by atoms with Gasteiger partial charge in [-0.15, -0.1) is 0 Å². The van der Waals surface area contributed by atoms with Gasteiger partial charge in [0.1, 0.15) is 29.6 Å². The van der Waals surface area contributed by atoms with Crippen LogP contribution < -0.4 is 29.2 Å². The van der Waals surface area contributed by atoms with E-state index >= 15 is 0 Å². The number of hydrogen-bond donors (Lipinski definition) is 1. The zero-order valence-corrected chi connectivity index (χ0v) is 22.5. The number of benzene rings is 2. The maximum atomic E-state index is 14.3. The van der Waals surface area contributed by atoms with E-state index in [9.17, 15) is 9.59 Å². The van der Waals surface area contributed by atoms with Crippen LogP contribution in [0.25, 0.3) is 0 Å². The van der Waals surface area contributed by atoms with Crippen LogP contribution >= 0.6 is 0 Å². The minimum absolute atomic E-state index is 0.0123. The number of aryl methyl sites for hydroxylation is 1. The van der Waals surface area contributed by atoms with Crippen LogP contribution in [0.5, 0.6) is 23.0 Å². The minimum Gasteiger partial charge on any atom is -0.497 e. The number of furan rings is 1. The van der Waals surface area contributed by atoms with Crippen LogP contribution in [0.15, 0.2) is 59.0 Å². The average Bonchev–Trinajstić information content (AvgIpc) is 3.40. The number of nitrogens with one attached hydrogen (secondary N) is 1. The molecule has 1 aromatic heterocycles. The van der Waals surface area contributed by atoms with Crippen LogP contribution in [0.1, 0.15) is 49.7 Å². The van der Waals surface area contributed by atoms with Crippen LogP contribution in [-0.4, -0.2) is 44.8 Å². The van der Waals surface area contributed by atoms with Gasteiger partial charge in [0.25, 0.3) is 11.8 Å². The lowest BCUT2D eigenvalue weighted by Crippen LogP contribution is -2.52. The molecule has 9 heteroatoms. The third-order valence-electron chi connectivity index (χ3n) is 7.12. The highest BCUT2D eigenvalue weighted by Gasteiger charge is 2.41. The molecule has 2 heterocycles. The highest BCUT2D eigenvalue weighted by molar-refractivity contribution is 6.03. The molecular formula is C30H34N2O7. The highest BCUT2D eigenvalue weighted by atomic mass is 16.6. The van der Waals surface area contributed by atoms with E-state index in [1.165, 1.54) is 19.1 Å². The molecular weight excluding hydrogens is 500 g/mol.